The fourth-order valence-corrected chi connectivity index (χ4v) is 3.22. The number of nitrogens with one attached hydrogen (secondary N) is 2. The van der Waals surface area contributed by atoms with E-state index >= 15 is 0 Å². The van der Waals surface area contributed by atoms with Gasteiger partial charge in [0.25, 0.3) is 0 Å². The number of rotatable bonds is 5. The number of allylic oxidation sites excluding steroid dienone is 2. The van der Waals surface area contributed by atoms with Gasteiger partial charge in [0, 0.05) is 24.0 Å². The molecule has 162 valence electrons. The third-order valence-corrected chi connectivity index (χ3v) is 5.00. The Bertz CT molecular complexity index is 1050. The summed E-state index contributed by atoms with van der Waals surface area (Å²) >= 11 is 4.34. The molecular weight excluding hydrogens is 408 g/mol. The molecule has 0 saturated carbocycles. The Morgan fingerprint density at radius 2 is 2.19 bits per heavy atom. The van der Waals surface area contributed by atoms with Crippen LogP contribution in [0.1, 0.15) is 19.4 Å². The van der Waals surface area contributed by atoms with Crippen LogP contribution in [0.3, 0.4) is 0 Å². The summed E-state index contributed by atoms with van der Waals surface area (Å²) in [5.74, 6) is 7.54. The standard InChI is InChI=1S/C23H28N6OS/c1-3-24-11-6-4-5-8-19(17-31)27-23(26-18(2)29-12-14-30-15-13-29)20-9-7-10-22-21(20)16-25-28-22/h5,7-10,16-17,24,31H,3,11-15H2,1-2H3,(H,25,28)/b8-5+,19-17+,26-18?,27-23?. The number of ether oxygens (including phenoxy) is 1. The Hall–Kier alpha value is -2.86. The maximum Gasteiger partial charge on any atom is 0.162 e. The molecule has 2 N–H and O–H groups in total. The number of thiol groups is 1. The van der Waals surface area contributed by atoms with Crippen LogP contribution in [0.2, 0.25) is 0 Å². The predicted octanol–water partition coefficient (Wildman–Crippen LogP) is 3.00. The van der Waals surface area contributed by atoms with Gasteiger partial charge < -0.3 is 15.0 Å². The van der Waals surface area contributed by atoms with Crippen LogP contribution in [-0.2, 0) is 4.74 Å². The fraction of sp³-hybridized carbons (Fsp3) is 0.348. The molecule has 1 aromatic heterocycles. The summed E-state index contributed by atoms with van der Waals surface area (Å²) in [4.78, 5) is 11.9. The third kappa shape index (κ3) is 6.56. The SMILES string of the molecule is CCNCC#C/C=C/C(=C\S)N=C(N=C(C)N1CCOCC1)c1cccc2[nH]ncc12. The number of aromatic amines is 1. The second kappa shape index (κ2) is 12.1. The van der Waals surface area contributed by atoms with Crippen LogP contribution in [0.4, 0.5) is 0 Å². The highest BCUT2D eigenvalue weighted by atomic mass is 32.1. The van der Waals surface area contributed by atoms with Crippen molar-refractivity contribution in [1.82, 2.24) is 20.4 Å². The highest BCUT2D eigenvalue weighted by Gasteiger charge is 2.15. The van der Waals surface area contributed by atoms with Gasteiger partial charge in [-0.15, -0.1) is 12.6 Å². The summed E-state index contributed by atoms with van der Waals surface area (Å²) in [6.07, 6.45) is 5.41. The Kier molecular flexibility index (Phi) is 8.91. The zero-order valence-corrected chi connectivity index (χ0v) is 18.8. The zero-order valence-electron chi connectivity index (χ0n) is 17.9. The van der Waals surface area contributed by atoms with Crippen molar-refractivity contribution in [2.45, 2.75) is 13.8 Å². The molecule has 0 amide bonds. The van der Waals surface area contributed by atoms with Crippen molar-refractivity contribution >= 4 is 35.2 Å². The molecule has 3 rings (SSSR count). The van der Waals surface area contributed by atoms with Gasteiger partial charge in [-0.2, -0.15) is 5.10 Å². The monoisotopic (exact) mass is 436 g/mol. The molecule has 31 heavy (non-hydrogen) atoms. The topological polar surface area (TPSA) is 77.9 Å². The van der Waals surface area contributed by atoms with Gasteiger partial charge in [0.1, 0.15) is 5.84 Å². The molecule has 1 aromatic carbocycles. The second-order valence-electron chi connectivity index (χ2n) is 6.82. The van der Waals surface area contributed by atoms with Crippen molar-refractivity contribution in [2.75, 3.05) is 39.4 Å². The van der Waals surface area contributed by atoms with E-state index in [1.54, 1.807) is 17.7 Å². The van der Waals surface area contributed by atoms with E-state index in [9.17, 15) is 0 Å². The lowest BCUT2D eigenvalue weighted by atomic mass is 10.1. The summed E-state index contributed by atoms with van der Waals surface area (Å²) in [7, 11) is 0. The van der Waals surface area contributed by atoms with Gasteiger partial charge >= 0.3 is 0 Å². The number of nitrogens with zero attached hydrogens (tertiary/aromatic N) is 4. The lowest BCUT2D eigenvalue weighted by Gasteiger charge is -2.28. The molecule has 2 heterocycles. The van der Waals surface area contributed by atoms with Crippen LogP contribution in [0.5, 0.6) is 0 Å². The summed E-state index contributed by atoms with van der Waals surface area (Å²) in [6.45, 7) is 8.64. The van der Waals surface area contributed by atoms with Gasteiger partial charge in [0.05, 0.1) is 37.2 Å². The van der Waals surface area contributed by atoms with Crippen molar-refractivity contribution in [3.05, 3.63) is 53.2 Å². The lowest BCUT2D eigenvalue weighted by Crippen LogP contribution is -2.39. The molecule has 1 aliphatic heterocycles. The van der Waals surface area contributed by atoms with Gasteiger partial charge in [-0.3, -0.25) is 5.10 Å². The molecule has 2 aromatic rings. The molecule has 0 radical (unpaired) electrons. The Labute approximate surface area is 188 Å². The lowest BCUT2D eigenvalue weighted by molar-refractivity contribution is 0.0679. The molecule has 1 aliphatic rings. The van der Waals surface area contributed by atoms with E-state index in [0.717, 1.165) is 41.9 Å². The summed E-state index contributed by atoms with van der Waals surface area (Å²) in [5, 5.41) is 13.0. The molecule has 0 spiro atoms. The molecule has 0 atom stereocenters. The first kappa shape index (κ1) is 22.8. The average Bonchev–Trinajstić information content (AvgIpc) is 3.29. The normalized spacial score (nSPS) is 16.1. The fourth-order valence-electron chi connectivity index (χ4n) is 3.08. The molecule has 1 fully saturated rings. The number of morpholine rings is 1. The molecule has 0 unspecified atom stereocenters. The van der Waals surface area contributed by atoms with E-state index in [-0.39, 0.29) is 0 Å². The largest absolute Gasteiger partial charge is 0.378 e. The van der Waals surface area contributed by atoms with Crippen LogP contribution < -0.4 is 5.32 Å². The molecule has 0 bridgehead atoms. The van der Waals surface area contributed by atoms with Crippen molar-refractivity contribution in [3.8, 4) is 11.8 Å². The highest BCUT2D eigenvalue weighted by molar-refractivity contribution is 7.83. The van der Waals surface area contributed by atoms with Crippen LogP contribution in [0, 0.1) is 11.8 Å². The van der Waals surface area contributed by atoms with E-state index in [4.69, 9.17) is 14.7 Å². The molecular formula is C23H28N6OS. The predicted molar refractivity (Wildman–Crippen MR) is 131 cm³/mol. The van der Waals surface area contributed by atoms with Crippen LogP contribution >= 0.6 is 12.6 Å². The minimum absolute atomic E-state index is 0.599. The van der Waals surface area contributed by atoms with E-state index in [0.29, 0.717) is 31.3 Å². The highest BCUT2D eigenvalue weighted by Crippen LogP contribution is 2.19. The van der Waals surface area contributed by atoms with Crippen molar-refractivity contribution in [2.24, 2.45) is 9.98 Å². The number of aliphatic imine (C=N–C) groups is 2. The summed E-state index contributed by atoms with van der Waals surface area (Å²) < 4.78 is 5.46. The van der Waals surface area contributed by atoms with E-state index in [2.05, 4.69) is 51.8 Å². The number of aromatic nitrogens is 2. The number of hydrogen-bond acceptors (Lipinski definition) is 5. The maximum atomic E-state index is 5.46. The summed E-state index contributed by atoms with van der Waals surface area (Å²) in [6, 6.07) is 5.96. The van der Waals surface area contributed by atoms with Crippen LogP contribution in [0.15, 0.2) is 57.6 Å². The van der Waals surface area contributed by atoms with Crippen LogP contribution in [-0.4, -0.2) is 66.2 Å². The maximum absolute atomic E-state index is 5.46. The Morgan fingerprint density at radius 1 is 1.35 bits per heavy atom. The van der Waals surface area contributed by atoms with Gasteiger partial charge in [-0.1, -0.05) is 30.9 Å². The number of amidine groups is 2. The first-order chi connectivity index (χ1) is 15.2. The number of H-pyrrole nitrogens is 1. The zero-order chi connectivity index (χ0) is 21.9. The van der Waals surface area contributed by atoms with Crippen molar-refractivity contribution in [1.29, 1.82) is 0 Å². The number of fused-ring (bicyclic) bond motifs is 1. The Balaban J connectivity index is 1.95. The van der Waals surface area contributed by atoms with Crippen LogP contribution in [0.25, 0.3) is 10.9 Å². The number of hydrogen-bond donors (Lipinski definition) is 3. The quantitative estimate of drug-likeness (QED) is 0.168. The number of benzene rings is 1. The average molecular weight is 437 g/mol. The van der Waals surface area contributed by atoms with Gasteiger partial charge in [-0.05, 0) is 37.1 Å². The van der Waals surface area contributed by atoms with Crippen molar-refractivity contribution in [3.63, 3.8) is 0 Å². The first-order valence-electron chi connectivity index (χ1n) is 10.3. The molecule has 1 saturated heterocycles. The molecule has 8 heteroatoms. The van der Waals surface area contributed by atoms with Gasteiger partial charge in [0.2, 0.25) is 0 Å². The first-order valence-corrected chi connectivity index (χ1v) is 10.8. The van der Waals surface area contributed by atoms with Gasteiger partial charge in [0.15, 0.2) is 5.84 Å². The Morgan fingerprint density at radius 3 is 2.97 bits per heavy atom. The minimum atomic E-state index is 0.599. The van der Waals surface area contributed by atoms with E-state index in [1.165, 1.54) is 0 Å². The van der Waals surface area contributed by atoms with E-state index in [1.807, 2.05) is 31.2 Å². The second-order valence-corrected chi connectivity index (χ2v) is 7.08. The van der Waals surface area contributed by atoms with E-state index < -0.39 is 0 Å². The molecule has 0 aliphatic carbocycles. The summed E-state index contributed by atoms with van der Waals surface area (Å²) in [5.41, 5.74) is 2.50. The van der Waals surface area contributed by atoms with Crippen molar-refractivity contribution < 1.29 is 4.74 Å². The molecule has 7 nitrogen and oxygen atoms in total. The third-order valence-electron chi connectivity index (χ3n) is 4.73. The smallest absolute Gasteiger partial charge is 0.162 e. The minimum Gasteiger partial charge on any atom is -0.378 e. The van der Waals surface area contributed by atoms with Gasteiger partial charge in [-0.25, -0.2) is 9.98 Å².